The van der Waals surface area contributed by atoms with Gasteiger partial charge in [0.15, 0.2) is 17.3 Å². The van der Waals surface area contributed by atoms with E-state index >= 15 is 0 Å². The molecule has 2 N–H and O–H groups in total. The third-order valence-electron chi connectivity index (χ3n) is 4.95. The molecule has 0 radical (unpaired) electrons. The summed E-state index contributed by atoms with van der Waals surface area (Å²) < 4.78 is 10.1. The van der Waals surface area contributed by atoms with Crippen molar-refractivity contribution < 1.29 is 33.4 Å². The average molecular weight is 626 g/mol. The van der Waals surface area contributed by atoms with Gasteiger partial charge in [-0.25, -0.2) is 9.59 Å². The Morgan fingerprint density at radius 1 is 0.639 bits per heavy atom. The molecule has 0 fully saturated rings. The Balaban J connectivity index is 1.81. The van der Waals surface area contributed by atoms with Gasteiger partial charge in [0.1, 0.15) is 22.9 Å². The summed E-state index contributed by atoms with van der Waals surface area (Å²) >= 11 is 6.02. The van der Waals surface area contributed by atoms with Crippen LogP contribution in [0.5, 0.6) is 0 Å². The highest BCUT2D eigenvalue weighted by molar-refractivity contribution is 9.11. The van der Waals surface area contributed by atoms with Gasteiger partial charge in [-0.3, -0.25) is 14.4 Å². The summed E-state index contributed by atoms with van der Waals surface area (Å²) in [4.78, 5) is 59.2. The fraction of sp³-hybridized carbons (Fsp3) is 0.320. The van der Waals surface area contributed by atoms with Crippen molar-refractivity contribution in [2.75, 3.05) is 0 Å². The van der Waals surface area contributed by atoms with Gasteiger partial charge in [0.25, 0.3) is 0 Å². The lowest BCUT2D eigenvalue weighted by atomic mass is 10.0. The summed E-state index contributed by atoms with van der Waals surface area (Å²) in [5.74, 6) is -2.11. The van der Waals surface area contributed by atoms with Gasteiger partial charge in [-0.1, -0.05) is 92.5 Å². The molecule has 0 aliphatic rings. The van der Waals surface area contributed by atoms with Crippen LogP contribution in [0.3, 0.4) is 0 Å². The van der Waals surface area contributed by atoms with E-state index in [1.54, 1.807) is 48.5 Å². The maximum Gasteiger partial charge on any atom is 0.408 e. The molecule has 2 amide bonds. The first-order valence-electron chi connectivity index (χ1n) is 10.9. The van der Waals surface area contributed by atoms with Crippen molar-refractivity contribution in [1.29, 1.82) is 0 Å². The van der Waals surface area contributed by atoms with E-state index in [1.165, 1.54) is 13.8 Å². The number of benzene rings is 2. The highest BCUT2D eigenvalue weighted by Gasteiger charge is 2.37. The van der Waals surface area contributed by atoms with Gasteiger partial charge in [-0.2, -0.15) is 0 Å². The van der Waals surface area contributed by atoms with Crippen LogP contribution < -0.4 is 10.6 Å². The Morgan fingerprint density at radius 3 is 1.31 bits per heavy atom. The Kier molecular flexibility index (Phi) is 11.7. The number of ether oxygens (including phenoxy) is 2. The van der Waals surface area contributed by atoms with Crippen LogP contribution in [0, 0.1) is 0 Å². The van der Waals surface area contributed by atoms with Gasteiger partial charge in [0.2, 0.25) is 0 Å². The van der Waals surface area contributed by atoms with Gasteiger partial charge in [0.05, 0.1) is 12.1 Å². The molecule has 0 heterocycles. The van der Waals surface area contributed by atoms with E-state index in [1.807, 2.05) is 12.1 Å². The lowest BCUT2D eigenvalue weighted by Crippen LogP contribution is -2.49. The number of carbonyl (C=O) groups excluding carboxylic acids is 5. The quantitative estimate of drug-likeness (QED) is 0.271. The van der Waals surface area contributed by atoms with Gasteiger partial charge in [-0.05, 0) is 25.0 Å². The summed E-state index contributed by atoms with van der Waals surface area (Å²) in [6, 6.07) is 15.8. The highest BCUT2D eigenvalue weighted by Crippen LogP contribution is 2.16. The lowest BCUT2D eigenvalue weighted by molar-refractivity contribution is -0.129. The van der Waals surface area contributed by atoms with Crippen molar-refractivity contribution >= 4 is 61.4 Å². The van der Waals surface area contributed by atoms with Crippen LogP contribution in [-0.2, 0) is 37.1 Å². The van der Waals surface area contributed by atoms with Crippen molar-refractivity contribution in [3.8, 4) is 0 Å². The number of alkyl carbamates (subject to hydrolysis) is 2. The minimum atomic E-state index is -1.38. The molecule has 2 unspecified atom stereocenters. The van der Waals surface area contributed by atoms with E-state index in [-0.39, 0.29) is 13.2 Å². The summed E-state index contributed by atoms with van der Waals surface area (Å²) in [6.07, 6.45) is -1.66. The van der Waals surface area contributed by atoms with Crippen molar-refractivity contribution in [3.05, 3.63) is 71.8 Å². The minimum absolute atomic E-state index is 0.0148. The third kappa shape index (κ3) is 9.19. The zero-order valence-electron chi connectivity index (χ0n) is 19.6. The van der Waals surface area contributed by atoms with Gasteiger partial charge >= 0.3 is 12.2 Å². The predicted molar refractivity (Wildman–Crippen MR) is 139 cm³/mol. The van der Waals surface area contributed by atoms with E-state index in [4.69, 9.17) is 9.47 Å². The Morgan fingerprint density at radius 2 is 0.972 bits per heavy atom. The molecule has 2 aromatic rings. The molecule has 0 aliphatic heterocycles. The molecule has 0 aromatic heterocycles. The van der Waals surface area contributed by atoms with Crippen LogP contribution in [0.1, 0.15) is 25.0 Å². The van der Waals surface area contributed by atoms with Crippen LogP contribution >= 0.6 is 31.9 Å². The molecule has 0 aliphatic carbocycles. The zero-order chi connectivity index (χ0) is 26.7. The zero-order valence-corrected chi connectivity index (χ0v) is 22.8. The Bertz CT molecular complexity index is 983. The fourth-order valence-electron chi connectivity index (χ4n) is 2.87. The van der Waals surface area contributed by atoms with Crippen LogP contribution in [0.25, 0.3) is 0 Å². The number of nitrogens with one attached hydrogen (secondary N) is 2. The van der Waals surface area contributed by atoms with E-state index in [0.29, 0.717) is 0 Å². The molecule has 0 spiro atoms. The lowest BCUT2D eigenvalue weighted by Gasteiger charge is -2.19. The fourth-order valence-corrected chi connectivity index (χ4v) is 4.55. The van der Waals surface area contributed by atoms with Gasteiger partial charge in [0, 0.05) is 0 Å². The topological polar surface area (TPSA) is 128 Å². The molecule has 192 valence electrons. The SMILES string of the molecule is C[C@H](NC(=O)OCc1ccccc1)C(=O)C(Br)C(=O)C(Br)C(=O)[C@H](C)NC(=O)OCc1ccccc1. The smallest absolute Gasteiger partial charge is 0.408 e. The molecule has 2 rings (SSSR count). The number of Topliss-reactive ketones (excluding diaryl/α,β-unsaturated/α-hetero) is 3. The highest BCUT2D eigenvalue weighted by atomic mass is 79.9. The van der Waals surface area contributed by atoms with E-state index in [2.05, 4.69) is 42.5 Å². The van der Waals surface area contributed by atoms with Crippen molar-refractivity contribution in [2.45, 2.75) is 48.8 Å². The minimum Gasteiger partial charge on any atom is -0.445 e. The number of rotatable bonds is 12. The number of ketones is 3. The normalized spacial score (nSPS) is 13.9. The number of halogens is 2. The molecule has 11 heteroatoms. The van der Waals surface area contributed by atoms with Crippen molar-refractivity contribution in [2.24, 2.45) is 0 Å². The number of hydrogen-bond acceptors (Lipinski definition) is 7. The monoisotopic (exact) mass is 624 g/mol. The maximum atomic E-state index is 12.7. The van der Waals surface area contributed by atoms with Crippen molar-refractivity contribution in [1.82, 2.24) is 10.6 Å². The molecule has 2 aromatic carbocycles. The van der Waals surface area contributed by atoms with Crippen LogP contribution in [0.4, 0.5) is 9.59 Å². The first-order chi connectivity index (χ1) is 17.1. The first kappa shape index (κ1) is 29.2. The second-order valence-electron chi connectivity index (χ2n) is 7.79. The molecule has 36 heavy (non-hydrogen) atoms. The second-order valence-corrected chi connectivity index (χ2v) is 9.62. The molecule has 0 saturated heterocycles. The summed E-state index contributed by atoms with van der Waals surface area (Å²) in [5, 5.41) is 4.73. The molecule has 0 saturated carbocycles. The second kappa shape index (κ2) is 14.5. The first-order valence-corrected chi connectivity index (χ1v) is 12.8. The molecular weight excluding hydrogens is 600 g/mol. The van der Waals surface area contributed by atoms with Gasteiger partial charge < -0.3 is 20.1 Å². The van der Waals surface area contributed by atoms with Crippen molar-refractivity contribution in [3.63, 3.8) is 0 Å². The van der Waals surface area contributed by atoms with E-state index in [9.17, 15) is 24.0 Å². The largest absolute Gasteiger partial charge is 0.445 e. The predicted octanol–water partition coefficient (Wildman–Crippen LogP) is 3.85. The number of amides is 2. The van der Waals surface area contributed by atoms with Gasteiger partial charge in [-0.15, -0.1) is 0 Å². The van der Waals surface area contributed by atoms with E-state index < -0.39 is 51.3 Å². The van der Waals surface area contributed by atoms with Crippen LogP contribution in [-0.4, -0.2) is 51.3 Å². The molecular formula is C25H26Br2N2O7. The third-order valence-corrected chi connectivity index (χ3v) is 6.75. The number of hydrogen-bond donors (Lipinski definition) is 2. The Hall–Kier alpha value is -3.05. The van der Waals surface area contributed by atoms with E-state index in [0.717, 1.165) is 11.1 Å². The number of alkyl halides is 2. The standard InChI is InChI=1S/C25H26Br2N2O7/c1-15(28-24(33)35-13-17-9-5-3-6-10-17)21(30)19(26)23(32)20(27)22(31)16(2)29-25(34)36-14-18-11-7-4-8-12-18/h3-12,15-16,19-20H,13-14H2,1-2H3,(H,28,33)(H,29,34)/t15-,16-,19?,20?/m0/s1. The summed E-state index contributed by atoms with van der Waals surface area (Å²) in [6.45, 7) is 2.82. The van der Waals surface area contributed by atoms with Crippen LogP contribution in [0.15, 0.2) is 60.7 Å². The summed E-state index contributed by atoms with van der Waals surface area (Å²) in [5.41, 5.74) is 1.54. The average Bonchev–Trinajstić information content (AvgIpc) is 2.89. The molecule has 4 atom stereocenters. The van der Waals surface area contributed by atoms with Crippen LogP contribution in [0.2, 0.25) is 0 Å². The maximum absolute atomic E-state index is 12.7. The number of carbonyl (C=O) groups is 5. The molecule has 0 bridgehead atoms. The summed E-state index contributed by atoms with van der Waals surface area (Å²) in [7, 11) is 0. The molecule has 9 nitrogen and oxygen atoms in total. The Labute approximate surface area is 225 Å².